The van der Waals surface area contributed by atoms with Crippen LogP contribution in [0.2, 0.25) is 0 Å². The van der Waals surface area contributed by atoms with Crippen molar-refractivity contribution in [2.24, 2.45) is 14.1 Å². The first-order valence-electron chi connectivity index (χ1n) is 7.53. The lowest BCUT2D eigenvalue weighted by atomic mass is 10.2. The van der Waals surface area contributed by atoms with E-state index in [1.54, 1.807) is 18.7 Å². The molecule has 0 N–H and O–H groups in total. The van der Waals surface area contributed by atoms with Crippen LogP contribution < -0.4 is 11.2 Å². The van der Waals surface area contributed by atoms with E-state index in [1.807, 2.05) is 13.8 Å². The zero-order chi connectivity index (χ0) is 16.9. The summed E-state index contributed by atoms with van der Waals surface area (Å²) in [6, 6.07) is 0. The summed E-state index contributed by atoms with van der Waals surface area (Å²) in [5.41, 5.74) is 0.108. The van der Waals surface area contributed by atoms with Crippen molar-refractivity contribution in [2.45, 2.75) is 46.6 Å². The van der Waals surface area contributed by atoms with Crippen molar-refractivity contribution in [3.05, 3.63) is 27.2 Å². The Morgan fingerprint density at radius 1 is 1.18 bits per heavy atom. The Bertz CT molecular complexity index is 767. The van der Waals surface area contributed by atoms with Gasteiger partial charge in [-0.3, -0.25) is 13.9 Å². The summed E-state index contributed by atoms with van der Waals surface area (Å²) in [5, 5.41) is 0. The van der Waals surface area contributed by atoms with Gasteiger partial charge in [0.15, 0.2) is 11.2 Å². The van der Waals surface area contributed by atoms with Crippen molar-refractivity contribution in [2.75, 3.05) is 0 Å². The Kier molecular flexibility index (Phi) is 6.27. The van der Waals surface area contributed by atoms with E-state index < -0.39 is 0 Å². The highest BCUT2D eigenvalue weighted by Crippen LogP contribution is 2.04. The molecule has 0 aliphatic carbocycles. The van der Waals surface area contributed by atoms with Crippen LogP contribution in [0.1, 0.15) is 40.0 Å². The summed E-state index contributed by atoms with van der Waals surface area (Å²) >= 11 is 0. The number of rotatable bonds is 5. The maximum absolute atomic E-state index is 12.3. The van der Waals surface area contributed by atoms with E-state index in [1.165, 1.54) is 22.4 Å². The summed E-state index contributed by atoms with van der Waals surface area (Å²) in [6.07, 6.45) is 3.29. The summed E-state index contributed by atoms with van der Waals surface area (Å²) in [4.78, 5) is 39.4. The quantitative estimate of drug-likeness (QED) is 0.778. The third-order valence-corrected chi connectivity index (χ3v) is 3.36. The normalized spacial score (nSPS) is 10.4. The number of hydrogen-bond acceptors (Lipinski definition) is 4. The average Bonchev–Trinajstić information content (AvgIpc) is 2.88. The first-order chi connectivity index (χ1) is 10.4. The molecule has 0 saturated carbocycles. The van der Waals surface area contributed by atoms with E-state index in [0.29, 0.717) is 37.0 Å². The molecule has 0 aliphatic rings. The summed E-state index contributed by atoms with van der Waals surface area (Å²) in [7, 11) is 3.32. The number of hydrogen-bond donors (Lipinski definition) is 0. The summed E-state index contributed by atoms with van der Waals surface area (Å²) < 4.78 is 4.20. The molecule has 0 unspecified atom stereocenters. The molecule has 2 rings (SSSR count). The smallest absolute Gasteiger partial charge is 0.328 e. The van der Waals surface area contributed by atoms with Crippen molar-refractivity contribution in [1.29, 1.82) is 0 Å². The molecule has 0 bridgehead atoms. The molecule has 122 valence electrons. The number of carbonyl (C=O) groups excluding carboxylic acids is 1. The molecule has 0 saturated heterocycles. The van der Waals surface area contributed by atoms with Gasteiger partial charge < -0.3 is 9.36 Å². The molecular formula is C15H24N4O3. The molecule has 2 aromatic heterocycles. The lowest BCUT2D eigenvalue weighted by molar-refractivity contribution is -0.117. The van der Waals surface area contributed by atoms with Gasteiger partial charge in [-0.15, -0.1) is 0 Å². The minimum absolute atomic E-state index is 0.118. The van der Waals surface area contributed by atoms with Crippen LogP contribution >= 0.6 is 0 Å². The van der Waals surface area contributed by atoms with Crippen molar-refractivity contribution in [1.82, 2.24) is 18.7 Å². The van der Waals surface area contributed by atoms with Crippen LogP contribution in [0.5, 0.6) is 0 Å². The monoisotopic (exact) mass is 308 g/mol. The lowest BCUT2D eigenvalue weighted by Crippen LogP contribution is -2.39. The number of aromatic nitrogens is 4. The topological polar surface area (TPSA) is 78.9 Å². The molecule has 7 heteroatoms. The maximum atomic E-state index is 12.3. The minimum Gasteiger partial charge on any atom is -0.328 e. The molecule has 0 amide bonds. The van der Waals surface area contributed by atoms with Gasteiger partial charge in [0.2, 0.25) is 0 Å². The van der Waals surface area contributed by atoms with Crippen LogP contribution in [-0.4, -0.2) is 24.5 Å². The summed E-state index contributed by atoms with van der Waals surface area (Å²) in [5.74, 6) is 0.118. The second-order valence-electron chi connectivity index (χ2n) is 4.99. The fourth-order valence-electron chi connectivity index (χ4n) is 2.24. The van der Waals surface area contributed by atoms with E-state index in [2.05, 4.69) is 4.98 Å². The Balaban J connectivity index is 0.00000116. The molecule has 2 aromatic rings. The zero-order valence-electron chi connectivity index (χ0n) is 13.9. The largest absolute Gasteiger partial charge is 0.332 e. The lowest BCUT2D eigenvalue weighted by Gasteiger charge is -2.08. The van der Waals surface area contributed by atoms with Crippen molar-refractivity contribution in [3.63, 3.8) is 0 Å². The molecule has 0 atom stereocenters. The first-order valence-corrected chi connectivity index (χ1v) is 7.53. The minimum atomic E-state index is -0.371. The number of nitrogens with zero attached hydrogens (tertiary/aromatic N) is 4. The fraction of sp³-hybridized carbons (Fsp3) is 0.600. The second-order valence-corrected chi connectivity index (χ2v) is 4.99. The van der Waals surface area contributed by atoms with E-state index in [-0.39, 0.29) is 17.0 Å². The average molecular weight is 308 g/mol. The number of fused-ring (bicyclic) bond motifs is 1. The number of carbonyl (C=O) groups is 1. The number of Topliss-reactive ketones (excluding diaryl/α,β-unsaturated/α-hetero) is 1. The van der Waals surface area contributed by atoms with Crippen LogP contribution in [-0.2, 0) is 25.4 Å². The van der Waals surface area contributed by atoms with Gasteiger partial charge in [0, 0.05) is 27.1 Å². The number of imidazole rings is 1. The number of aryl methyl sites for hydroxylation is 2. The van der Waals surface area contributed by atoms with Crippen molar-refractivity contribution >= 4 is 16.9 Å². The molecule has 22 heavy (non-hydrogen) atoms. The third-order valence-electron chi connectivity index (χ3n) is 3.36. The Morgan fingerprint density at radius 2 is 1.82 bits per heavy atom. The predicted molar refractivity (Wildman–Crippen MR) is 86.1 cm³/mol. The van der Waals surface area contributed by atoms with Crippen molar-refractivity contribution < 1.29 is 4.79 Å². The van der Waals surface area contributed by atoms with E-state index in [4.69, 9.17) is 0 Å². The van der Waals surface area contributed by atoms with Crippen molar-refractivity contribution in [3.8, 4) is 0 Å². The number of ketones is 1. The van der Waals surface area contributed by atoms with Crippen LogP contribution in [0.3, 0.4) is 0 Å². The van der Waals surface area contributed by atoms with E-state index in [0.717, 1.165) is 0 Å². The van der Waals surface area contributed by atoms with E-state index >= 15 is 0 Å². The Hall–Kier alpha value is -2.18. The Labute approximate surface area is 129 Å². The molecule has 0 spiro atoms. The fourth-order valence-corrected chi connectivity index (χ4v) is 2.24. The van der Waals surface area contributed by atoms with E-state index in [9.17, 15) is 14.4 Å². The zero-order valence-corrected chi connectivity index (χ0v) is 13.9. The van der Waals surface area contributed by atoms with Gasteiger partial charge in [0.25, 0.3) is 5.56 Å². The van der Waals surface area contributed by atoms with Crippen LogP contribution in [0, 0.1) is 0 Å². The molecule has 0 fully saturated rings. The van der Waals surface area contributed by atoms with Crippen LogP contribution in [0.4, 0.5) is 0 Å². The van der Waals surface area contributed by atoms with Crippen LogP contribution in [0.25, 0.3) is 11.2 Å². The second kappa shape index (κ2) is 7.72. The van der Waals surface area contributed by atoms with Gasteiger partial charge in [0.1, 0.15) is 5.78 Å². The highest BCUT2D eigenvalue weighted by molar-refractivity contribution is 5.75. The highest BCUT2D eigenvalue weighted by Gasteiger charge is 2.14. The molecule has 0 radical (unpaired) electrons. The Morgan fingerprint density at radius 3 is 2.41 bits per heavy atom. The predicted octanol–water partition coefficient (Wildman–Crippen LogP) is 1.22. The van der Waals surface area contributed by atoms with Gasteiger partial charge in [-0.1, -0.05) is 13.8 Å². The van der Waals surface area contributed by atoms with Gasteiger partial charge >= 0.3 is 5.69 Å². The first kappa shape index (κ1) is 17.9. The maximum Gasteiger partial charge on any atom is 0.332 e. The molecule has 2 heterocycles. The molecule has 0 aromatic carbocycles. The molecule has 0 aliphatic heterocycles. The SMILES string of the molecule is CC.CC(=O)CCCCn1c(=O)c2c(ncn2C)n(C)c1=O. The van der Waals surface area contributed by atoms with Gasteiger partial charge in [-0.2, -0.15) is 0 Å². The van der Waals surface area contributed by atoms with Gasteiger partial charge in [-0.25, -0.2) is 9.78 Å². The van der Waals surface area contributed by atoms with Gasteiger partial charge in [0.05, 0.1) is 6.33 Å². The molecular weight excluding hydrogens is 284 g/mol. The van der Waals surface area contributed by atoms with Gasteiger partial charge in [-0.05, 0) is 19.8 Å². The molecule has 7 nitrogen and oxygen atoms in total. The summed E-state index contributed by atoms with van der Waals surface area (Å²) in [6.45, 7) is 5.85. The highest BCUT2D eigenvalue weighted by atomic mass is 16.2. The van der Waals surface area contributed by atoms with Crippen LogP contribution in [0.15, 0.2) is 15.9 Å². The number of unbranched alkanes of at least 4 members (excludes halogenated alkanes) is 1. The third kappa shape index (κ3) is 3.52. The standard InChI is InChI=1S/C13H18N4O3.C2H6/c1-9(18)6-4-5-7-17-12(19)10-11(14-8-15(10)2)16(3)13(17)20;1-2/h8H,4-7H2,1-3H3;1-2H3.